The van der Waals surface area contributed by atoms with Gasteiger partial charge in [-0.3, -0.25) is 14.4 Å². The standard InChI is InChI=1S/C65H102O6/c1-4-7-10-13-16-19-22-25-28-31-32-35-38-41-44-47-50-53-56-59-65(68)71-62(60-69-63(66)57-54-51-48-45-42-39-36-33-29-26-23-20-17-14-11-8-5-2)61-70-64(67)58-55-52-49-46-43-40-37-34-30-27-24-21-18-15-12-9-6-3/h7-8,10-11,16-17,19-20,25-30,32,35-36,39,41,44-45,48,50,53,62H,4-6,9,12-15,18,21-24,31,33-34,37-38,40,42-43,46-47,49,51-52,54-61H2,1-3H3/b10-7-,11-8-,19-16-,20-17-,28-25-,29-26-,30-27-,35-32-,39-36-,44-41-,48-45-,53-50-/t62-/m1/s1. The van der Waals surface area contributed by atoms with Crippen LogP contribution in [0.4, 0.5) is 0 Å². The number of allylic oxidation sites excluding steroid dienone is 24. The summed E-state index contributed by atoms with van der Waals surface area (Å²) in [6, 6.07) is 0. The molecule has 398 valence electrons. The van der Waals surface area contributed by atoms with Gasteiger partial charge in [0, 0.05) is 19.3 Å². The first kappa shape index (κ1) is 66.3. The lowest BCUT2D eigenvalue weighted by Crippen LogP contribution is -2.30. The van der Waals surface area contributed by atoms with Gasteiger partial charge in [0.15, 0.2) is 6.10 Å². The Morgan fingerprint density at radius 1 is 0.296 bits per heavy atom. The van der Waals surface area contributed by atoms with E-state index in [-0.39, 0.29) is 38.0 Å². The lowest BCUT2D eigenvalue weighted by Gasteiger charge is -2.18. The molecule has 6 nitrogen and oxygen atoms in total. The van der Waals surface area contributed by atoms with Crippen molar-refractivity contribution in [1.29, 1.82) is 0 Å². The number of carbonyl (C=O) groups is 3. The van der Waals surface area contributed by atoms with Crippen molar-refractivity contribution < 1.29 is 28.6 Å². The molecular weight excluding hydrogens is 877 g/mol. The van der Waals surface area contributed by atoms with Gasteiger partial charge < -0.3 is 14.2 Å². The topological polar surface area (TPSA) is 78.9 Å². The minimum atomic E-state index is -0.850. The molecular formula is C65H102O6. The second-order valence-electron chi connectivity index (χ2n) is 18.1. The van der Waals surface area contributed by atoms with Gasteiger partial charge in [-0.15, -0.1) is 0 Å². The molecule has 0 heterocycles. The minimum absolute atomic E-state index is 0.134. The monoisotopic (exact) mass is 979 g/mol. The fourth-order valence-corrected chi connectivity index (χ4v) is 7.14. The molecule has 0 aromatic heterocycles. The first-order valence-corrected chi connectivity index (χ1v) is 28.3. The Balaban J connectivity index is 4.62. The zero-order valence-electron chi connectivity index (χ0n) is 45.4. The van der Waals surface area contributed by atoms with E-state index in [2.05, 4.69) is 154 Å². The summed E-state index contributed by atoms with van der Waals surface area (Å²) in [6.07, 6.45) is 82.8. The van der Waals surface area contributed by atoms with Gasteiger partial charge in [-0.2, -0.15) is 0 Å². The van der Waals surface area contributed by atoms with Crippen LogP contribution in [0.3, 0.4) is 0 Å². The molecule has 0 aromatic rings. The van der Waals surface area contributed by atoms with E-state index in [1.165, 1.54) is 77.0 Å². The molecule has 0 aliphatic rings. The molecule has 0 fully saturated rings. The Kier molecular flexibility index (Phi) is 54.0. The van der Waals surface area contributed by atoms with Crippen LogP contribution in [0, 0.1) is 0 Å². The third-order valence-corrected chi connectivity index (χ3v) is 11.3. The van der Waals surface area contributed by atoms with Crippen molar-refractivity contribution in [2.24, 2.45) is 0 Å². The van der Waals surface area contributed by atoms with Crippen LogP contribution >= 0.6 is 0 Å². The first-order valence-electron chi connectivity index (χ1n) is 28.3. The van der Waals surface area contributed by atoms with Crippen LogP contribution in [0.15, 0.2) is 146 Å². The number of rotatable bonds is 49. The summed E-state index contributed by atoms with van der Waals surface area (Å²) in [4.78, 5) is 38.1. The highest BCUT2D eigenvalue weighted by molar-refractivity contribution is 5.71. The largest absolute Gasteiger partial charge is 0.462 e. The van der Waals surface area contributed by atoms with E-state index >= 15 is 0 Å². The van der Waals surface area contributed by atoms with E-state index in [9.17, 15) is 14.4 Å². The average Bonchev–Trinajstić information content (AvgIpc) is 3.37. The summed E-state index contributed by atoms with van der Waals surface area (Å²) in [5.41, 5.74) is 0. The fourth-order valence-electron chi connectivity index (χ4n) is 7.14. The smallest absolute Gasteiger partial charge is 0.306 e. The zero-order valence-corrected chi connectivity index (χ0v) is 45.4. The molecule has 0 aliphatic carbocycles. The Morgan fingerprint density at radius 2 is 0.592 bits per heavy atom. The molecule has 0 rings (SSSR count). The van der Waals surface area contributed by atoms with Gasteiger partial charge in [0.1, 0.15) is 13.2 Å². The summed E-state index contributed by atoms with van der Waals surface area (Å²) in [5.74, 6) is -1.09. The SMILES string of the molecule is CC/C=C\C/C=C\C/C=C\C/C=C\C/C=C\C/C=C\CCC(=O)O[C@H](COC(=O)CCC/C=C\C/C=C\C/C=C\C/C=C\C/C=C\CC)COC(=O)CCCCCCCCC/C=C\CCCCCCCC. The summed E-state index contributed by atoms with van der Waals surface area (Å²) < 4.78 is 16.7. The van der Waals surface area contributed by atoms with Gasteiger partial charge in [0.25, 0.3) is 0 Å². The molecule has 0 spiro atoms. The number of esters is 3. The van der Waals surface area contributed by atoms with Crippen molar-refractivity contribution in [2.45, 2.75) is 232 Å². The summed E-state index contributed by atoms with van der Waals surface area (Å²) >= 11 is 0. The Hall–Kier alpha value is -4.71. The predicted octanol–water partition coefficient (Wildman–Crippen LogP) is 19.2. The first-order chi connectivity index (χ1) is 35.0. The average molecular weight is 980 g/mol. The van der Waals surface area contributed by atoms with Crippen LogP contribution in [0.1, 0.15) is 226 Å². The molecule has 1 atom stereocenters. The quantitative estimate of drug-likeness (QED) is 0.0262. The Bertz CT molecular complexity index is 1590. The summed E-state index contributed by atoms with van der Waals surface area (Å²) in [6.45, 7) is 6.28. The second-order valence-corrected chi connectivity index (χ2v) is 18.1. The van der Waals surface area contributed by atoms with Crippen molar-refractivity contribution in [3.05, 3.63) is 146 Å². The van der Waals surface area contributed by atoms with Crippen LogP contribution in [0.25, 0.3) is 0 Å². The number of unbranched alkanes of at least 4 members (excludes halogenated alkanes) is 14. The van der Waals surface area contributed by atoms with E-state index in [4.69, 9.17) is 14.2 Å². The van der Waals surface area contributed by atoms with Gasteiger partial charge in [0.2, 0.25) is 0 Å². The minimum Gasteiger partial charge on any atom is -0.462 e. The molecule has 0 radical (unpaired) electrons. The third kappa shape index (κ3) is 56.1. The Morgan fingerprint density at radius 3 is 0.986 bits per heavy atom. The van der Waals surface area contributed by atoms with Crippen molar-refractivity contribution in [1.82, 2.24) is 0 Å². The molecule has 71 heavy (non-hydrogen) atoms. The molecule has 0 N–H and O–H groups in total. The van der Waals surface area contributed by atoms with Crippen molar-refractivity contribution in [2.75, 3.05) is 13.2 Å². The predicted molar refractivity (Wildman–Crippen MR) is 306 cm³/mol. The van der Waals surface area contributed by atoms with Gasteiger partial charge in [-0.25, -0.2) is 0 Å². The van der Waals surface area contributed by atoms with E-state index in [1.54, 1.807) is 0 Å². The van der Waals surface area contributed by atoms with Crippen LogP contribution in [0.2, 0.25) is 0 Å². The van der Waals surface area contributed by atoms with E-state index < -0.39 is 12.1 Å². The molecule has 0 amide bonds. The molecule has 0 aliphatic heterocycles. The van der Waals surface area contributed by atoms with Crippen LogP contribution in [0.5, 0.6) is 0 Å². The van der Waals surface area contributed by atoms with Crippen molar-refractivity contribution >= 4 is 17.9 Å². The molecule has 0 saturated heterocycles. The molecule has 6 heteroatoms. The molecule has 0 aromatic carbocycles. The summed E-state index contributed by atoms with van der Waals surface area (Å²) in [7, 11) is 0. The van der Waals surface area contributed by atoms with Gasteiger partial charge in [-0.05, 0) is 122 Å². The highest BCUT2D eigenvalue weighted by atomic mass is 16.6. The highest BCUT2D eigenvalue weighted by Gasteiger charge is 2.19. The zero-order chi connectivity index (χ0) is 51.4. The molecule has 0 bridgehead atoms. The fraction of sp³-hybridized carbons (Fsp3) is 0.585. The van der Waals surface area contributed by atoms with E-state index in [1.807, 2.05) is 12.2 Å². The number of ether oxygens (including phenoxy) is 3. The molecule has 0 unspecified atom stereocenters. The normalized spacial score (nSPS) is 13.2. The maximum atomic E-state index is 12.8. The van der Waals surface area contributed by atoms with Crippen molar-refractivity contribution in [3.8, 4) is 0 Å². The lowest BCUT2D eigenvalue weighted by molar-refractivity contribution is -0.166. The third-order valence-electron chi connectivity index (χ3n) is 11.3. The van der Waals surface area contributed by atoms with E-state index in [0.29, 0.717) is 19.3 Å². The van der Waals surface area contributed by atoms with Crippen LogP contribution in [-0.2, 0) is 28.6 Å². The lowest BCUT2D eigenvalue weighted by atomic mass is 10.1. The van der Waals surface area contributed by atoms with Crippen LogP contribution < -0.4 is 0 Å². The van der Waals surface area contributed by atoms with E-state index in [0.717, 1.165) is 96.3 Å². The Labute approximate surface area is 436 Å². The van der Waals surface area contributed by atoms with Crippen molar-refractivity contribution in [3.63, 3.8) is 0 Å². The highest BCUT2D eigenvalue weighted by Crippen LogP contribution is 2.13. The van der Waals surface area contributed by atoms with Crippen LogP contribution in [-0.4, -0.2) is 37.2 Å². The second kappa shape index (κ2) is 57.9. The maximum absolute atomic E-state index is 12.8. The van der Waals surface area contributed by atoms with Gasteiger partial charge >= 0.3 is 17.9 Å². The summed E-state index contributed by atoms with van der Waals surface area (Å²) in [5, 5.41) is 0. The van der Waals surface area contributed by atoms with Gasteiger partial charge in [-0.1, -0.05) is 231 Å². The number of carbonyl (C=O) groups excluding carboxylic acids is 3. The van der Waals surface area contributed by atoms with Gasteiger partial charge in [0.05, 0.1) is 0 Å². The number of hydrogen-bond donors (Lipinski definition) is 0. The number of hydrogen-bond acceptors (Lipinski definition) is 6. The molecule has 0 saturated carbocycles. The maximum Gasteiger partial charge on any atom is 0.306 e.